The first-order valence-electron chi connectivity index (χ1n) is 6.31. The first kappa shape index (κ1) is 16.7. The molecule has 5 heteroatoms. The molecule has 0 aliphatic rings. The zero-order valence-corrected chi connectivity index (χ0v) is 14.7. The molecule has 0 atom stereocenters. The van der Waals surface area contributed by atoms with Gasteiger partial charge in [0.25, 0.3) is 0 Å². The molecule has 1 aromatic heterocycles. The number of rotatable bonds is 2. The Bertz CT molecular complexity index is 578. The molecule has 0 bridgehead atoms. The zero-order valence-electron chi connectivity index (χ0n) is 12.4. The fourth-order valence-corrected chi connectivity index (χ4v) is 2.13. The second-order valence-electron chi connectivity index (χ2n) is 4.90. The number of aromatic nitrogens is 1. The van der Waals surface area contributed by atoms with Crippen LogP contribution in [0.4, 0.5) is 0 Å². The number of fused-ring (bicyclic) bond motifs is 1. The van der Waals surface area contributed by atoms with Crippen molar-refractivity contribution >= 4 is 40.8 Å². The quantitative estimate of drug-likeness (QED) is 0.454. The van der Waals surface area contributed by atoms with E-state index in [2.05, 4.69) is 34.2 Å². The predicted molar refractivity (Wildman–Crippen MR) is 95.7 cm³/mol. The smallest absolute Gasteiger partial charge is 0.195 e. The maximum absolute atomic E-state index is 4.67. The number of hydrogen-bond donors (Lipinski definition) is 0. The summed E-state index contributed by atoms with van der Waals surface area (Å²) in [5.41, 5.74) is 2.19. The first-order valence-corrected chi connectivity index (χ1v) is 6.31. The fourth-order valence-electron chi connectivity index (χ4n) is 2.13. The van der Waals surface area contributed by atoms with Crippen LogP contribution in [0.5, 0.6) is 0 Å². The van der Waals surface area contributed by atoms with E-state index in [4.69, 9.17) is 0 Å². The third-order valence-electron chi connectivity index (χ3n) is 2.91. The maximum atomic E-state index is 4.67. The lowest BCUT2D eigenvalue weighted by Crippen LogP contribution is -2.35. The van der Waals surface area contributed by atoms with Gasteiger partial charge >= 0.3 is 0 Å². The number of benzene rings is 1. The topological polar surface area (TPSA) is 31.7 Å². The van der Waals surface area contributed by atoms with Crippen LogP contribution in [-0.2, 0) is 6.54 Å². The van der Waals surface area contributed by atoms with Gasteiger partial charge in [-0.15, -0.1) is 24.0 Å². The zero-order chi connectivity index (χ0) is 13.8. The van der Waals surface area contributed by atoms with Crippen LogP contribution in [0.25, 0.3) is 10.9 Å². The van der Waals surface area contributed by atoms with Crippen molar-refractivity contribution in [3.8, 4) is 0 Å². The molecule has 0 amide bonds. The Morgan fingerprint density at radius 3 is 2.35 bits per heavy atom. The van der Waals surface area contributed by atoms with Gasteiger partial charge in [-0.05, 0) is 11.6 Å². The van der Waals surface area contributed by atoms with Crippen molar-refractivity contribution in [3.05, 3.63) is 42.1 Å². The SMILES string of the molecule is CN(C)C(=NCc1cccc2cccnc12)N(C)C.I. The lowest BCUT2D eigenvalue weighted by molar-refractivity contribution is 0.479. The molecular weight excluding hydrogens is 363 g/mol. The molecule has 0 spiro atoms. The van der Waals surface area contributed by atoms with Crippen LogP contribution >= 0.6 is 24.0 Å². The molecule has 4 nitrogen and oxygen atoms in total. The molecule has 20 heavy (non-hydrogen) atoms. The Kier molecular flexibility index (Phi) is 6.19. The van der Waals surface area contributed by atoms with Gasteiger partial charge in [0.05, 0.1) is 12.1 Å². The summed E-state index contributed by atoms with van der Waals surface area (Å²) >= 11 is 0. The van der Waals surface area contributed by atoms with Crippen molar-refractivity contribution < 1.29 is 0 Å². The molecule has 0 aliphatic carbocycles. The Balaban J connectivity index is 0.00000200. The third kappa shape index (κ3) is 3.82. The number of halogens is 1. The van der Waals surface area contributed by atoms with Gasteiger partial charge in [0.15, 0.2) is 5.96 Å². The van der Waals surface area contributed by atoms with Crippen molar-refractivity contribution in [1.29, 1.82) is 0 Å². The lowest BCUT2D eigenvalue weighted by Gasteiger charge is -2.22. The Labute approximate surface area is 137 Å². The van der Waals surface area contributed by atoms with Gasteiger partial charge in [-0.3, -0.25) is 4.98 Å². The van der Waals surface area contributed by atoms with Gasteiger partial charge < -0.3 is 9.80 Å². The standard InChI is InChI=1S/C15H20N4.HI/c1-18(2)15(19(3)4)17-11-13-8-5-7-12-9-6-10-16-14(12)13;/h5-10H,11H2,1-4H3;1H. The van der Waals surface area contributed by atoms with E-state index in [9.17, 15) is 0 Å². The molecule has 0 unspecified atom stereocenters. The minimum Gasteiger partial charge on any atom is -0.349 e. The van der Waals surface area contributed by atoms with E-state index in [0.717, 1.165) is 22.4 Å². The highest BCUT2D eigenvalue weighted by Crippen LogP contribution is 2.16. The minimum absolute atomic E-state index is 0. The molecule has 108 valence electrons. The van der Waals surface area contributed by atoms with Crippen LogP contribution in [-0.4, -0.2) is 48.9 Å². The Morgan fingerprint density at radius 2 is 1.70 bits per heavy atom. The maximum Gasteiger partial charge on any atom is 0.195 e. The molecule has 0 saturated heterocycles. The van der Waals surface area contributed by atoms with E-state index in [0.29, 0.717) is 6.54 Å². The van der Waals surface area contributed by atoms with Gasteiger partial charge in [0.1, 0.15) is 0 Å². The largest absolute Gasteiger partial charge is 0.349 e. The minimum atomic E-state index is 0. The molecule has 0 fully saturated rings. The normalized spacial score (nSPS) is 9.80. The number of guanidine groups is 1. The molecule has 1 aromatic carbocycles. The highest BCUT2D eigenvalue weighted by Gasteiger charge is 2.05. The monoisotopic (exact) mass is 384 g/mol. The number of nitrogens with zero attached hydrogens (tertiary/aromatic N) is 4. The van der Waals surface area contributed by atoms with Crippen LogP contribution < -0.4 is 0 Å². The van der Waals surface area contributed by atoms with Crippen molar-refractivity contribution in [2.75, 3.05) is 28.2 Å². The van der Waals surface area contributed by atoms with Crippen LogP contribution in [0.1, 0.15) is 5.56 Å². The van der Waals surface area contributed by atoms with E-state index in [-0.39, 0.29) is 24.0 Å². The van der Waals surface area contributed by atoms with Gasteiger partial charge in [-0.2, -0.15) is 0 Å². The molecule has 0 aliphatic heterocycles. The molecule has 0 N–H and O–H groups in total. The Morgan fingerprint density at radius 1 is 1.05 bits per heavy atom. The summed E-state index contributed by atoms with van der Waals surface area (Å²) in [5, 5.41) is 1.16. The highest BCUT2D eigenvalue weighted by molar-refractivity contribution is 14.0. The number of pyridine rings is 1. The van der Waals surface area contributed by atoms with Gasteiger partial charge in [-0.1, -0.05) is 24.3 Å². The van der Waals surface area contributed by atoms with E-state index in [1.165, 1.54) is 0 Å². The Hall–Kier alpha value is -1.37. The molecular formula is C15H21IN4. The summed E-state index contributed by atoms with van der Waals surface area (Å²) in [6, 6.07) is 10.3. The van der Waals surface area contributed by atoms with E-state index >= 15 is 0 Å². The third-order valence-corrected chi connectivity index (χ3v) is 2.91. The lowest BCUT2D eigenvalue weighted by atomic mass is 10.1. The first-order chi connectivity index (χ1) is 9.09. The van der Waals surface area contributed by atoms with Crippen molar-refractivity contribution in [1.82, 2.24) is 14.8 Å². The van der Waals surface area contributed by atoms with Crippen LogP contribution in [0, 0.1) is 0 Å². The average molecular weight is 384 g/mol. The summed E-state index contributed by atoms with van der Waals surface area (Å²) in [6.45, 7) is 0.639. The number of hydrogen-bond acceptors (Lipinski definition) is 2. The van der Waals surface area contributed by atoms with Crippen molar-refractivity contribution in [2.45, 2.75) is 6.54 Å². The highest BCUT2D eigenvalue weighted by atomic mass is 127. The number of aliphatic imine (C=N–C) groups is 1. The molecule has 2 rings (SSSR count). The molecule has 2 aromatic rings. The van der Waals surface area contributed by atoms with Crippen LogP contribution in [0.3, 0.4) is 0 Å². The van der Waals surface area contributed by atoms with Crippen molar-refractivity contribution in [3.63, 3.8) is 0 Å². The van der Waals surface area contributed by atoms with Gasteiger partial charge in [0, 0.05) is 39.8 Å². The fraction of sp³-hybridized carbons (Fsp3) is 0.333. The van der Waals surface area contributed by atoms with Gasteiger partial charge in [0.2, 0.25) is 0 Å². The van der Waals surface area contributed by atoms with Gasteiger partial charge in [-0.25, -0.2) is 4.99 Å². The van der Waals surface area contributed by atoms with E-state index in [1.54, 1.807) is 0 Å². The molecule has 0 saturated carbocycles. The molecule has 0 radical (unpaired) electrons. The van der Waals surface area contributed by atoms with E-state index in [1.807, 2.05) is 50.3 Å². The summed E-state index contributed by atoms with van der Waals surface area (Å²) in [7, 11) is 8.00. The predicted octanol–water partition coefficient (Wildman–Crippen LogP) is 2.83. The summed E-state index contributed by atoms with van der Waals surface area (Å²) in [5.74, 6) is 0.952. The average Bonchev–Trinajstić information content (AvgIpc) is 2.38. The van der Waals surface area contributed by atoms with Crippen molar-refractivity contribution in [2.24, 2.45) is 4.99 Å². The molecule has 1 heterocycles. The van der Waals surface area contributed by atoms with Crippen LogP contribution in [0.2, 0.25) is 0 Å². The van der Waals surface area contributed by atoms with E-state index < -0.39 is 0 Å². The number of para-hydroxylation sites is 1. The summed E-state index contributed by atoms with van der Waals surface area (Å²) < 4.78 is 0. The summed E-state index contributed by atoms with van der Waals surface area (Å²) in [4.78, 5) is 13.1. The second kappa shape index (κ2) is 7.42. The summed E-state index contributed by atoms with van der Waals surface area (Å²) in [6.07, 6.45) is 1.83. The van der Waals surface area contributed by atoms with Crippen LogP contribution in [0.15, 0.2) is 41.5 Å². The second-order valence-corrected chi connectivity index (χ2v) is 4.90.